The van der Waals surface area contributed by atoms with Crippen LogP contribution in [0.5, 0.6) is 11.5 Å². The number of pyridine rings is 1. The number of rotatable bonds is 4. The standard InChI is InChI=1S/C10H9BrF3NO4/c1-18-8(17)2-6-9(19-10(12,13)14)5(3-11)7(16)4-15-6/h4,16H,2-3H2,1H3. The Morgan fingerprint density at radius 3 is 2.63 bits per heavy atom. The average molecular weight is 344 g/mol. The maximum Gasteiger partial charge on any atom is 0.573 e. The molecule has 19 heavy (non-hydrogen) atoms. The molecule has 0 radical (unpaired) electrons. The van der Waals surface area contributed by atoms with Gasteiger partial charge in [-0.25, -0.2) is 0 Å². The number of alkyl halides is 4. The number of aromatic nitrogens is 1. The second kappa shape index (κ2) is 6.09. The molecule has 9 heteroatoms. The highest BCUT2D eigenvalue weighted by Gasteiger charge is 2.34. The number of ether oxygens (including phenoxy) is 2. The smallest absolute Gasteiger partial charge is 0.506 e. The molecule has 1 N–H and O–H groups in total. The molecule has 0 atom stereocenters. The van der Waals surface area contributed by atoms with Crippen LogP contribution in [-0.4, -0.2) is 29.5 Å². The summed E-state index contributed by atoms with van der Waals surface area (Å²) in [5, 5.41) is 9.35. The molecule has 0 aromatic carbocycles. The number of halogens is 4. The van der Waals surface area contributed by atoms with Gasteiger partial charge in [0.25, 0.3) is 0 Å². The van der Waals surface area contributed by atoms with Crippen molar-refractivity contribution in [3.63, 3.8) is 0 Å². The molecule has 0 aliphatic carbocycles. The minimum absolute atomic E-state index is 0.0963. The van der Waals surface area contributed by atoms with Gasteiger partial charge in [0.1, 0.15) is 5.75 Å². The predicted molar refractivity (Wildman–Crippen MR) is 60.9 cm³/mol. The zero-order chi connectivity index (χ0) is 14.6. The molecule has 0 fully saturated rings. The molecule has 0 bridgehead atoms. The SMILES string of the molecule is COC(=O)Cc1ncc(O)c(CBr)c1OC(F)(F)F. The second-order valence-electron chi connectivity index (χ2n) is 3.33. The van der Waals surface area contributed by atoms with E-state index in [0.29, 0.717) is 0 Å². The van der Waals surface area contributed by atoms with E-state index in [2.05, 4.69) is 30.4 Å². The van der Waals surface area contributed by atoms with Gasteiger partial charge in [-0.1, -0.05) is 15.9 Å². The van der Waals surface area contributed by atoms with Crippen molar-refractivity contribution in [3.8, 4) is 11.5 Å². The Labute approximate surface area is 114 Å². The number of carbonyl (C=O) groups excluding carboxylic acids is 1. The Balaban J connectivity index is 3.25. The summed E-state index contributed by atoms with van der Waals surface area (Å²) in [4.78, 5) is 14.7. The average Bonchev–Trinajstić information content (AvgIpc) is 2.31. The lowest BCUT2D eigenvalue weighted by atomic mass is 10.1. The quantitative estimate of drug-likeness (QED) is 0.671. The molecule has 0 saturated carbocycles. The molecular formula is C10H9BrF3NO4. The Kier molecular flexibility index (Phi) is 4.98. The highest BCUT2D eigenvalue weighted by atomic mass is 79.9. The first-order chi connectivity index (χ1) is 8.78. The molecule has 0 aliphatic heterocycles. The number of aromatic hydroxyl groups is 1. The predicted octanol–water partition coefficient (Wildman–Crippen LogP) is 2.30. The van der Waals surface area contributed by atoms with Gasteiger partial charge in [0.2, 0.25) is 0 Å². The number of esters is 1. The van der Waals surface area contributed by atoms with E-state index in [4.69, 9.17) is 0 Å². The van der Waals surface area contributed by atoms with Gasteiger partial charge in [-0.15, -0.1) is 13.2 Å². The van der Waals surface area contributed by atoms with Crippen molar-refractivity contribution in [2.75, 3.05) is 7.11 Å². The maximum absolute atomic E-state index is 12.3. The Morgan fingerprint density at radius 2 is 2.16 bits per heavy atom. The molecule has 1 heterocycles. The fourth-order valence-corrected chi connectivity index (χ4v) is 1.81. The molecule has 1 rings (SSSR count). The van der Waals surface area contributed by atoms with E-state index in [9.17, 15) is 23.1 Å². The van der Waals surface area contributed by atoms with E-state index in [1.165, 1.54) is 0 Å². The highest BCUT2D eigenvalue weighted by Crippen LogP contribution is 2.35. The van der Waals surface area contributed by atoms with E-state index in [-0.39, 0.29) is 16.6 Å². The molecule has 1 aromatic heterocycles. The number of hydrogen-bond donors (Lipinski definition) is 1. The van der Waals surface area contributed by atoms with E-state index in [1.807, 2.05) is 0 Å². The molecule has 0 unspecified atom stereocenters. The summed E-state index contributed by atoms with van der Waals surface area (Å²) in [6.45, 7) is 0. The zero-order valence-electron chi connectivity index (χ0n) is 9.62. The van der Waals surface area contributed by atoms with Crippen LogP contribution in [0.1, 0.15) is 11.3 Å². The molecule has 0 amide bonds. The molecular weight excluding hydrogens is 335 g/mol. The van der Waals surface area contributed by atoms with Crippen LogP contribution in [0.25, 0.3) is 0 Å². The highest BCUT2D eigenvalue weighted by molar-refractivity contribution is 9.08. The normalized spacial score (nSPS) is 11.2. The van der Waals surface area contributed by atoms with E-state index >= 15 is 0 Å². The van der Waals surface area contributed by atoms with Crippen LogP contribution in [0.4, 0.5) is 13.2 Å². The summed E-state index contributed by atoms with van der Waals surface area (Å²) >= 11 is 2.93. The summed E-state index contributed by atoms with van der Waals surface area (Å²) in [6, 6.07) is 0. The van der Waals surface area contributed by atoms with E-state index < -0.39 is 30.3 Å². The first-order valence-electron chi connectivity index (χ1n) is 4.86. The van der Waals surface area contributed by atoms with E-state index in [0.717, 1.165) is 13.3 Å². The maximum atomic E-state index is 12.3. The minimum atomic E-state index is -4.96. The van der Waals surface area contributed by atoms with Crippen molar-refractivity contribution in [1.82, 2.24) is 4.98 Å². The molecule has 0 saturated heterocycles. The second-order valence-corrected chi connectivity index (χ2v) is 3.89. The Morgan fingerprint density at radius 1 is 1.53 bits per heavy atom. The molecule has 0 aliphatic rings. The molecule has 0 spiro atoms. The van der Waals surface area contributed by atoms with Gasteiger partial charge in [0, 0.05) is 5.33 Å². The molecule has 106 valence electrons. The number of methoxy groups -OCH3 is 1. The van der Waals surface area contributed by atoms with Crippen molar-refractivity contribution in [1.29, 1.82) is 0 Å². The summed E-state index contributed by atoms with van der Waals surface area (Å²) in [5.41, 5.74) is -0.414. The largest absolute Gasteiger partial charge is 0.573 e. The lowest BCUT2D eigenvalue weighted by Gasteiger charge is -2.16. The third-order valence-corrected chi connectivity index (χ3v) is 2.64. The monoisotopic (exact) mass is 343 g/mol. The van der Waals surface area contributed by atoms with Crippen molar-refractivity contribution < 1.29 is 32.5 Å². The number of hydrogen-bond acceptors (Lipinski definition) is 5. The van der Waals surface area contributed by atoms with Gasteiger partial charge >= 0.3 is 12.3 Å². The van der Waals surface area contributed by atoms with Gasteiger partial charge in [-0.05, 0) is 0 Å². The summed E-state index contributed by atoms with van der Waals surface area (Å²) in [6.07, 6.45) is -4.52. The summed E-state index contributed by atoms with van der Waals surface area (Å²) < 4.78 is 45.2. The van der Waals surface area contributed by atoms with Crippen molar-refractivity contribution in [2.45, 2.75) is 18.1 Å². The lowest BCUT2D eigenvalue weighted by Crippen LogP contribution is -2.20. The number of nitrogens with zero attached hydrogens (tertiary/aromatic N) is 1. The van der Waals surface area contributed by atoms with Crippen molar-refractivity contribution >= 4 is 21.9 Å². The van der Waals surface area contributed by atoms with Gasteiger partial charge in [-0.3, -0.25) is 9.78 Å². The van der Waals surface area contributed by atoms with E-state index in [1.54, 1.807) is 0 Å². The first-order valence-corrected chi connectivity index (χ1v) is 5.99. The van der Waals surface area contributed by atoms with Gasteiger partial charge < -0.3 is 14.6 Å². The van der Waals surface area contributed by atoms with Gasteiger partial charge in [0.05, 0.1) is 31.0 Å². The third kappa shape index (κ3) is 4.27. The van der Waals surface area contributed by atoms with Crippen LogP contribution in [0.2, 0.25) is 0 Å². The Hall–Kier alpha value is -1.51. The van der Waals surface area contributed by atoms with Crippen LogP contribution >= 0.6 is 15.9 Å². The Bertz CT molecular complexity index is 479. The zero-order valence-corrected chi connectivity index (χ0v) is 11.2. The number of carbonyl (C=O) groups is 1. The van der Waals surface area contributed by atoms with Crippen molar-refractivity contribution in [3.05, 3.63) is 17.5 Å². The molecule has 1 aromatic rings. The summed E-state index contributed by atoms with van der Waals surface area (Å²) in [5.74, 6) is -1.94. The topological polar surface area (TPSA) is 68.7 Å². The fraction of sp³-hybridized carbons (Fsp3) is 0.400. The van der Waals surface area contributed by atoms with Crippen LogP contribution in [0.3, 0.4) is 0 Å². The minimum Gasteiger partial charge on any atom is -0.506 e. The first kappa shape index (κ1) is 15.5. The lowest BCUT2D eigenvalue weighted by molar-refractivity contribution is -0.275. The van der Waals surface area contributed by atoms with Crippen LogP contribution < -0.4 is 4.74 Å². The van der Waals surface area contributed by atoms with Gasteiger partial charge in [-0.2, -0.15) is 0 Å². The molecule has 5 nitrogen and oxygen atoms in total. The third-order valence-electron chi connectivity index (χ3n) is 2.08. The van der Waals surface area contributed by atoms with Crippen LogP contribution in [0, 0.1) is 0 Å². The van der Waals surface area contributed by atoms with Gasteiger partial charge in [0.15, 0.2) is 5.75 Å². The summed E-state index contributed by atoms with van der Waals surface area (Å²) in [7, 11) is 1.10. The van der Waals surface area contributed by atoms with Crippen molar-refractivity contribution in [2.24, 2.45) is 0 Å². The van der Waals surface area contributed by atoms with Crippen LogP contribution in [-0.2, 0) is 21.3 Å². The van der Waals surface area contributed by atoms with Crippen LogP contribution in [0.15, 0.2) is 6.20 Å². The fourth-order valence-electron chi connectivity index (χ4n) is 1.27.